The van der Waals surface area contributed by atoms with Gasteiger partial charge < -0.3 is 5.32 Å². The summed E-state index contributed by atoms with van der Waals surface area (Å²) in [5.74, 6) is 1.07. The van der Waals surface area contributed by atoms with Gasteiger partial charge in [0.15, 0.2) is 0 Å². The molecule has 0 heterocycles. The minimum atomic E-state index is 0.191. The number of anilines is 1. The monoisotopic (exact) mass is 307 g/mol. The Morgan fingerprint density at radius 3 is 2.57 bits per heavy atom. The Kier molecular flexibility index (Phi) is 7.08. The molecule has 0 bridgehead atoms. The lowest BCUT2D eigenvalue weighted by atomic mass is 9.90. The van der Waals surface area contributed by atoms with Gasteiger partial charge in [0, 0.05) is 17.5 Å². The summed E-state index contributed by atoms with van der Waals surface area (Å²) in [5.41, 5.74) is 2.17. The number of benzene rings is 1. The van der Waals surface area contributed by atoms with Gasteiger partial charge >= 0.3 is 0 Å². The molecule has 0 radical (unpaired) electrons. The van der Waals surface area contributed by atoms with Crippen LogP contribution in [0.25, 0.3) is 0 Å². The predicted octanol–water partition coefficient (Wildman–Crippen LogP) is 5.16. The fourth-order valence-corrected chi connectivity index (χ4v) is 3.17. The number of halogens is 1. The Hall–Kier alpha value is -1.02. The van der Waals surface area contributed by atoms with E-state index in [1.54, 1.807) is 0 Å². The maximum Gasteiger partial charge on any atom is 0.227 e. The van der Waals surface area contributed by atoms with Crippen LogP contribution in [0.2, 0.25) is 0 Å². The Balaban J connectivity index is 1.91. The molecule has 0 aromatic heterocycles. The molecular weight excluding hydrogens is 282 g/mol. The first-order chi connectivity index (χ1) is 10.3. The van der Waals surface area contributed by atoms with Crippen LogP contribution in [0.1, 0.15) is 56.9 Å². The molecule has 1 fully saturated rings. The lowest BCUT2D eigenvalue weighted by Gasteiger charge is -2.19. The van der Waals surface area contributed by atoms with E-state index in [2.05, 4.69) is 17.4 Å². The third-order valence-corrected chi connectivity index (χ3v) is 4.54. The number of rotatable bonds is 5. The third-order valence-electron chi connectivity index (χ3n) is 4.27. The molecule has 1 saturated carbocycles. The number of carbonyl (C=O) groups is 1. The molecule has 1 aromatic rings. The van der Waals surface area contributed by atoms with Crippen LogP contribution in [0.3, 0.4) is 0 Å². The number of alkyl halides is 1. The minimum absolute atomic E-state index is 0.191. The zero-order valence-corrected chi connectivity index (χ0v) is 13.5. The first-order valence-electron chi connectivity index (χ1n) is 8.25. The van der Waals surface area contributed by atoms with Gasteiger partial charge in [0.1, 0.15) is 0 Å². The van der Waals surface area contributed by atoms with Crippen molar-refractivity contribution in [2.75, 3.05) is 11.2 Å². The molecule has 2 nitrogen and oxygen atoms in total. The van der Waals surface area contributed by atoms with E-state index in [0.717, 1.165) is 31.4 Å². The van der Waals surface area contributed by atoms with Crippen LogP contribution in [0.4, 0.5) is 5.69 Å². The lowest BCUT2D eigenvalue weighted by molar-refractivity contribution is -0.120. The van der Waals surface area contributed by atoms with Crippen LogP contribution in [0.5, 0.6) is 0 Å². The van der Waals surface area contributed by atoms with E-state index >= 15 is 0 Å². The predicted molar refractivity (Wildman–Crippen MR) is 89.9 cm³/mol. The first-order valence-corrected chi connectivity index (χ1v) is 8.79. The van der Waals surface area contributed by atoms with Crippen LogP contribution in [-0.2, 0) is 11.2 Å². The molecule has 1 aliphatic rings. The Morgan fingerprint density at radius 2 is 1.86 bits per heavy atom. The number of carbonyl (C=O) groups excluding carboxylic acids is 1. The van der Waals surface area contributed by atoms with Crippen molar-refractivity contribution in [2.24, 2.45) is 5.92 Å². The molecule has 0 aliphatic heterocycles. The van der Waals surface area contributed by atoms with E-state index in [-0.39, 0.29) is 11.8 Å². The van der Waals surface area contributed by atoms with Crippen LogP contribution in [0, 0.1) is 5.92 Å². The van der Waals surface area contributed by atoms with Gasteiger partial charge in [-0.3, -0.25) is 4.79 Å². The second-order valence-electron chi connectivity index (χ2n) is 6.02. The van der Waals surface area contributed by atoms with Crippen molar-refractivity contribution in [1.29, 1.82) is 0 Å². The minimum Gasteiger partial charge on any atom is -0.326 e. The van der Waals surface area contributed by atoms with E-state index in [0.29, 0.717) is 5.88 Å². The van der Waals surface area contributed by atoms with Gasteiger partial charge in [0.25, 0.3) is 0 Å². The molecule has 0 atom stereocenters. The van der Waals surface area contributed by atoms with Gasteiger partial charge in [-0.1, -0.05) is 44.2 Å². The SMILES string of the molecule is O=C(Nc1cccc(CCCCl)c1)C1CCCCCCC1. The average Bonchev–Trinajstić information content (AvgIpc) is 2.45. The fraction of sp³-hybridized carbons (Fsp3) is 0.611. The molecule has 116 valence electrons. The average molecular weight is 308 g/mol. The summed E-state index contributed by atoms with van der Waals surface area (Å²) in [6, 6.07) is 8.16. The van der Waals surface area contributed by atoms with E-state index in [1.165, 1.54) is 37.7 Å². The number of aryl methyl sites for hydroxylation is 1. The van der Waals surface area contributed by atoms with Crippen LogP contribution in [0.15, 0.2) is 24.3 Å². The van der Waals surface area contributed by atoms with E-state index in [1.807, 2.05) is 12.1 Å². The van der Waals surface area contributed by atoms with E-state index < -0.39 is 0 Å². The Bertz CT molecular complexity index is 439. The molecule has 1 aromatic carbocycles. The topological polar surface area (TPSA) is 29.1 Å². The van der Waals surface area contributed by atoms with Crippen LogP contribution >= 0.6 is 11.6 Å². The fourth-order valence-electron chi connectivity index (χ4n) is 3.04. The van der Waals surface area contributed by atoms with E-state index in [4.69, 9.17) is 11.6 Å². The number of hydrogen-bond donors (Lipinski definition) is 1. The Labute approximate surface area is 133 Å². The highest BCUT2D eigenvalue weighted by Gasteiger charge is 2.19. The standard InChI is InChI=1S/C18H26ClNO/c19-13-7-9-15-8-6-12-17(14-15)20-18(21)16-10-4-2-1-3-5-11-16/h6,8,12,14,16H,1-5,7,9-11,13H2,(H,20,21). The molecule has 3 heteroatoms. The van der Waals surface area contributed by atoms with Crippen molar-refractivity contribution < 1.29 is 4.79 Å². The summed E-state index contributed by atoms with van der Waals surface area (Å²) in [6.07, 6.45) is 10.3. The van der Waals surface area contributed by atoms with Gasteiger partial charge in [-0.2, -0.15) is 0 Å². The van der Waals surface area contributed by atoms with Gasteiger partial charge in [0.2, 0.25) is 5.91 Å². The highest BCUT2D eigenvalue weighted by molar-refractivity contribution is 6.17. The normalized spacial score (nSPS) is 17.0. The molecule has 1 aliphatic carbocycles. The molecule has 1 amide bonds. The van der Waals surface area contributed by atoms with Crippen molar-refractivity contribution >= 4 is 23.2 Å². The third kappa shape index (κ3) is 5.70. The molecule has 1 N–H and O–H groups in total. The molecular formula is C18H26ClNO. The zero-order chi connectivity index (χ0) is 14.9. The Morgan fingerprint density at radius 1 is 1.14 bits per heavy atom. The lowest BCUT2D eigenvalue weighted by Crippen LogP contribution is -2.23. The quantitative estimate of drug-likeness (QED) is 0.748. The second-order valence-corrected chi connectivity index (χ2v) is 6.40. The van der Waals surface area contributed by atoms with Gasteiger partial charge in [-0.25, -0.2) is 0 Å². The van der Waals surface area contributed by atoms with Crippen molar-refractivity contribution in [3.05, 3.63) is 29.8 Å². The highest BCUT2D eigenvalue weighted by atomic mass is 35.5. The van der Waals surface area contributed by atoms with Crippen molar-refractivity contribution in [3.8, 4) is 0 Å². The number of nitrogens with one attached hydrogen (secondary N) is 1. The summed E-state index contributed by atoms with van der Waals surface area (Å²) >= 11 is 5.74. The van der Waals surface area contributed by atoms with Crippen molar-refractivity contribution in [2.45, 2.75) is 57.8 Å². The maximum absolute atomic E-state index is 12.4. The van der Waals surface area contributed by atoms with Gasteiger partial charge in [-0.15, -0.1) is 11.6 Å². The van der Waals surface area contributed by atoms with Crippen molar-refractivity contribution in [3.63, 3.8) is 0 Å². The highest BCUT2D eigenvalue weighted by Crippen LogP contribution is 2.24. The maximum atomic E-state index is 12.4. The van der Waals surface area contributed by atoms with Gasteiger partial charge in [0.05, 0.1) is 0 Å². The molecule has 0 spiro atoms. The summed E-state index contributed by atoms with van der Waals surface area (Å²) in [4.78, 5) is 12.4. The van der Waals surface area contributed by atoms with Crippen molar-refractivity contribution in [1.82, 2.24) is 0 Å². The molecule has 0 unspecified atom stereocenters. The number of hydrogen-bond acceptors (Lipinski definition) is 1. The smallest absolute Gasteiger partial charge is 0.227 e. The molecule has 21 heavy (non-hydrogen) atoms. The van der Waals surface area contributed by atoms with Crippen LogP contribution in [-0.4, -0.2) is 11.8 Å². The summed E-state index contributed by atoms with van der Waals surface area (Å²) in [7, 11) is 0. The van der Waals surface area contributed by atoms with Gasteiger partial charge in [-0.05, 0) is 43.4 Å². The second kappa shape index (κ2) is 9.09. The van der Waals surface area contributed by atoms with Crippen LogP contribution < -0.4 is 5.32 Å². The summed E-state index contributed by atoms with van der Waals surface area (Å²) in [5, 5.41) is 3.10. The molecule has 0 saturated heterocycles. The largest absolute Gasteiger partial charge is 0.326 e. The zero-order valence-electron chi connectivity index (χ0n) is 12.7. The summed E-state index contributed by atoms with van der Waals surface area (Å²) in [6.45, 7) is 0. The molecule has 2 rings (SSSR count). The number of amides is 1. The first kappa shape index (κ1) is 16.4. The summed E-state index contributed by atoms with van der Waals surface area (Å²) < 4.78 is 0. The van der Waals surface area contributed by atoms with E-state index in [9.17, 15) is 4.79 Å².